The molecule has 1 fully saturated rings. The summed E-state index contributed by atoms with van der Waals surface area (Å²) in [6, 6.07) is 10.6. The van der Waals surface area contributed by atoms with Crippen LogP contribution in [0, 0.1) is 6.92 Å². The highest BCUT2D eigenvalue weighted by Gasteiger charge is 2.24. The van der Waals surface area contributed by atoms with Crippen molar-refractivity contribution in [3.05, 3.63) is 59.2 Å². The first-order valence-electron chi connectivity index (χ1n) is 8.93. The number of likely N-dealkylation sites (tertiary alicyclic amines) is 1. The first-order valence-corrected chi connectivity index (χ1v) is 10.4. The Balaban J connectivity index is 1.94. The van der Waals surface area contributed by atoms with E-state index in [1.807, 2.05) is 0 Å². The van der Waals surface area contributed by atoms with Crippen molar-refractivity contribution in [2.75, 3.05) is 24.9 Å². The number of hydrogen-bond donors (Lipinski definition) is 1. The molecule has 0 unspecified atom stereocenters. The number of nitrogens with one attached hydrogen (secondary N) is 1. The molecule has 1 heterocycles. The molecule has 1 saturated heterocycles. The molecule has 7 nitrogen and oxygen atoms in total. The van der Waals surface area contributed by atoms with Gasteiger partial charge in [-0.3, -0.25) is 9.52 Å². The molecule has 0 radical (unpaired) electrons. The smallest absolute Gasteiger partial charge is 0.339 e. The van der Waals surface area contributed by atoms with Gasteiger partial charge in [-0.25, -0.2) is 13.2 Å². The summed E-state index contributed by atoms with van der Waals surface area (Å²) in [5.41, 5.74) is 1.30. The maximum Gasteiger partial charge on any atom is 0.339 e. The van der Waals surface area contributed by atoms with Crippen LogP contribution in [0.1, 0.15) is 39.1 Å². The van der Waals surface area contributed by atoms with E-state index >= 15 is 0 Å². The van der Waals surface area contributed by atoms with Gasteiger partial charge in [0, 0.05) is 18.7 Å². The maximum atomic E-state index is 12.9. The van der Waals surface area contributed by atoms with Crippen molar-refractivity contribution < 1.29 is 22.7 Å². The Kier molecular flexibility index (Phi) is 5.69. The molecule has 1 aliphatic heterocycles. The molecule has 1 N–H and O–H groups in total. The topological polar surface area (TPSA) is 92.8 Å². The Morgan fingerprint density at radius 3 is 2.39 bits per heavy atom. The summed E-state index contributed by atoms with van der Waals surface area (Å²) in [7, 11) is -2.78. The molecule has 28 heavy (non-hydrogen) atoms. The van der Waals surface area contributed by atoms with Crippen LogP contribution in [0.4, 0.5) is 5.69 Å². The molecule has 3 rings (SSSR count). The van der Waals surface area contributed by atoms with E-state index in [0.717, 1.165) is 12.8 Å². The number of benzene rings is 2. The molecular formula is C20H22N2O5S. The van der Waals surface area contributed by atoms with Gasteiger partial charge in [-0.2, -0.15) is 0 Å². The zero-order chi connectivity index (χ0) is 20.3. The molecule has 0 aliphatic carbocycles. The second kappa shape index (κ2) is 8.02. The highest BCUT2D eigenvalue weighted by molar-refractivity contribution is 7.92. The van der Waals surface area contributed by atoms with Gasteiger partial charge < -0.3 is 9.64 Å². The molecule has 0 atom stereocenters. The summed E-state index contributed by atoms with van der Waals surface area (Å²) < 4.78 is 32.9. The average molecular weight is 402 g/mol. The minimum absolute atomic E-state index is 0.0414. The summed E-state index contributed by atoms with van der Waals surface area (Å²) >= 11 is 0. The maximum absolute atomic E-state index is 12.9. The van der Waals surface area contributed by atoms with E-state index in [2.05, 4.69) is 4.72 Å². The SMILES string of the molecule is COC(=O)c1ccccc1NS(=O)(=O)c1ccc(C)c(C(=O)N2CCCC2)c1. The second-order valence-corrected chi connectivity index (χ2v) is 8.30. The molecule has 0 bridgehead atoms. The van der Waals surface area contributed by atoms with Crippen molar-refractivity contribution in [3.63, 3.8) is 0 Å². The third-order valence-electron chi connectivity index (χ3n) is 4.72. The van der Waals surface area contributed by atoms with Crippen LogP contribution in [-0.2, 0) is 14.8 Å². The molecule has 0 spiro atoms. The van der Waals surface area contributed by atoms with Crippen molar-refractivity contribution in [1.82, 2.24) is 4.90 Å². The van der Waals surface area contributed by atoms with E-state index in [4.69, 9.17) is 4.74 Å². The van der Waals surface area contributed by atoms with Gasteiger partial charge in [-0.05, 0) is 49.6 Å². The van der Waals surface area contributed by atoms with Gasteiger partial charge in [0.1, 0.15) is 0 Å². The van der Waals surface area contributed by atoms with Crippen molar-refractivity contribution in [1.29, 1.82) is 0 Å². The largest absolute Gasteiger partial charge is 0.465 e. The van der Waals surface area contributed by atoms with Gasteiger partial charge in [0.25, 0.3) is 15.9 Å². The number of esters is 1. The number of anilines is 1. The quantitative estimate of drug-likeness (QED) is 0.777. The van der Waals surface area contributed by atoms with Crippen LogP contribution in [0.5, 0.6) is 0 Å². The monoisotopic (exact) mass is 402 g/mol. The molecule has 2 aromatic carbocycles. The van der Waals surface area contributed by atoms with E-state index in [1.165, 1.54) is 31.4 Å². The van der Waals surface area contributed by atoms with Crippen LogP contribution in [0.15, 0.2) is 47.4 Å². The molecular weight excluding hydrogens is 380 g/mol. The lowest BCUT2D eigenvalue weighted by molar-refractivity contribution is 0.0601. The number of hydrogen-bond acceptors (Lipinski definition) is 5. The number of sulfonamides is 1. The number of nitrogens with zero attached hydrogens (tertiary/aromatic N) is 1. The van der Waals surface area contributed by atoms with Gasteiger partial charge in [-0.15, -0.1) is 0 Å². The zero-order valence-corrected chi connectivity index (χ0v) is 16.6. The van der Waals surface area contributed by atoms with Crippen LogP contribution in [0.2, 0.25) is 0 Å². The summed E-state index contributed by atoms with van der Waals surface area (Å²) in [5, 5.41) is 0. The van der Waals surface area contributed by atoms with Gasteiger partial charge in [0.05, 0.1) is 23.3 Å². The van der Waals surface area contributed by atoms with Gasteiger partial charge in [-0.1, -0.05) is 18.2 Å². The number of carbonyl (C=O) groups excluding carboxylic acids is 2. The number of ether oxygens (including phenoxy) is 1. The third kappa shape index (κ3) is 4.01. The Morgan fingerprint density at radius 1 is 1.04 bits per heavy atom. The van der Waals surface area contributed by atoms with Crippen molar-refractivity contribution in [2.45, 2.75) is 24.7 Å². The number of methoxy groups -OCH3 is 1. The normalized spacial score (nSPS) is 14.0. The van der Waals surface area contributed by atoms with Crippen molar-refractivity contribution in [2.24, 2.45) is 0 Å². The number of carbonyl (C=O) groups is 2. The lowest BCUT2D eigenvalue weighted by Crippen LogP contribution is -2.28. The van der Waals surface area contributed by atoms with Crippen LogP contribution in [0.25, 0.3) is 0 Å². The highest BCUT2D eigenvalue weighted by Crippen LogP contribution is 2.24. The molecule has 0 aromatic heterocycles. The van der Waals surface area contributed by atoms with Gasteiger partial charge in [0.15, 0.2) is 0 Å². The summed E-state index contributed by atoms with van der Waals surface area (Å²) in [6.07, 6.45) is 1.91. The first-order chi connectivity index (χ1) is 13.3. The van der Waals surface area contributed by atoms with Crippen LogP contribution in [-0.4, -0.2) is 45.4 Å². The number of rotatable bonds is 5. The molecule has 148 valence electrons. The minimum Gasteiger partial charge on any atom is -0.465 e. The minimum atomic E-state index is -4.00. The molecule has 1 aliphatic rings. The fourth-order valence-electron chi connectivity index (χ4n) is 3.15. The summed E-state index contributed by atoms with van der Waals surface area (Å²) in [4.78, 5) is 26.3. The van der Waals surface area contributed by atoms with Crippen LogP contribution in [0.3, 0.4) is 0 Å². The van der Waals surface area contributed by atoms with Gasteiger partial charge in [0.2, 0.25) is 0 Å². The number of para-hydroxylation sites is 1. The average Bonchev–Trinajstić information content (AvgIpc) is 3.22. The van der Waals surface area contributed by atoms with E-state index in [9.17, 15) is 18.0 Å². The van der Waals surface area contributed by atoms with E-state index in [1.54, 1.807) is 30.0 Å². The standard InChI is InChI=1S/C20H22N2O5S/c1-14-9-10-15(13-17(14)19(23)22-11-5-6-12-22)28(25,26)21-18-8-4-3-7-16(18)20(24)27-2/h3-4,7-10,13,21H,5-6,11-12H2,1-2H3. The van der Waals surface area contributed by atoms with Crippen molar-refractivity contribution >= 4 is 27.6 Å². The third-order valence-corrected chi connectivity index (χ3v) is 6.08. The van der Waals surface area contributed by atoms with Gasteiger partial charge >= 0.3 is 5.97 Å². The number of amides is 1. The Hall–Kier alpha value is -2.87. The molecule has 0 saturated carbocycles. The lowest BCUT2D eigenvalue weighted by Gasteiger charge is -2.18. The Labute approximate surface area is 164 Å². The fraction of sp³-hybridized carbons (Fsp3) is 0.300. The van der Waals surface area contributed by atoms with E-state index < -0.39 is 16.0 Å². The Bertz CT molecular complexity index is 1010. The second-order valence-electron chi connectivity index (χ2n) is 6.62. The highest BCUT2D eigenvalue weighted by atomic mass is 32.2. The number of aryl methyl sites for hydroxylation is 1. The molecule has 1 amide bonds. The zero-order valence-electron chi connectivity index (χ0n) is 15.8. The molecule has 8 heteroatoms. The summed E-state index contributed by atoms with van der Waals surface area (Å²) in [5.74, 6) is -0.811. The predicted octanol–water partition coefficient (Wildman–Crippen LogP) is 2.82. The van der Waals surface area contributed by atoms with Crippen molar-refractivity contribution in [3.8, 4) is 0 Å². The van der Waals surface area contributed by atoms with E-state index in [0.29, 0.717) is 24.2 Å². The fourth-order valence-corrected chi connectivity index (χ4v) is 4.26. The lowest BCUT2D eigenvalue weighted by atomic mass is 10.1. The first kappa shape index (κ1) is 19.9. The molecule has 2 aromatic rings. The Morgan fingerprint density at radius 2 is 1.71 bits per heavy atom. The van der Waals surface area contributed by atoms with Crippen LogP contribution < -0.4 is 4.72 Å². The summed E-state index contributed by atoms with van der Waals surface area (Å²) in [6.45, 7) is 3.14. The predicted molar refractivity (Wildman–Crippen MR) is 105 cm³/mol. The van der Waals surface area contributed by atoms with Crippen LogP contribution >= 0.6 is 0 Å². The van der Waals surface area contributed by atoms with E-state index in [-0.39, 0.29) is 22.1 Å².